The molecule has 2 rings (SSSR count). The Morgan fingerprint density at radius 3 is 2.27 bits per heavy atom. The molecule has 2 aliphatic rings. The molecular weight excluding hydrogens is 198 g/mol. The highest BCUT2D eigenvalue weighted by Crippen LogP contribution is 2.38. The van der Waals surface area contributed by atoms with E-state index in [1.165, 1.54) is 4.90 Å². The predicted octanol–water partition coefficient (Wildman–Crippen LogP) is 0.389. The van der Waals surface area contributed by atoms with Crippen LogP contribution < -0.4 is 0 Å². The Morgan fingerprint density at radius 1 is 1.33 bits per heavy atom. The Morgan fingerprint density at radius 2 is 1.87 bits per heavy atom. The van der Waals surface area contributed by atoms with Gasteiger partial charge in [0.05, 0.1) is 12.5 Å². The molecule has 0 aromatic carbocycles. The van der Waals surface area contributed by atoms with Gasteiger partial charge in [-0.3, -0.25) is 19.3 Å². The fourth-order valence-corrected chi connectivity index (χ4v) is 2.09. The van der Waals surface area contributed by atoms with Gasteiger partial charge in [-0.05, 0) is 18.8 Å². The van der Waals surface area contributed by atoms with E-state index in [4.69, 9.17) is 5.11 Å². The lowest BCUT2D eigenvalue weighted by molar-refractivity contribution is -0.145. The molecule has 1 aliphatic carbocycles. The fourth-order valence-electron chi connectivity index (χ4n) is 2.09. The molecule has 1 aliphatic heterocycles. The Bertz CT molecular complexity index is 305. The minimum absolute atomic E-state index is 0.109. The zero-order valence-electron chi connectivity index (χ0n) is 8.31. The maximum Gasteiger partial charge on any atom is 0.305 e. The van der Waals surface area contributed by atoms with Gasteiger partial charge in [0, 0.05) is 12.8 Å². The van der Waals surface area contributed by atoms with Gasteiger partial charge in [0.25, 0.3) is 0 Å². The van der Waals surface area contributed by atoms with Gasteiger partial charge in [0.15, 0.2) is 0 Å². The Hall–Kier alpha value is -1.39. The van der Waals surface area contributed by atoms with E-state index in [0.29, 0.717) is 0 Å². The van der Waals surface area contributed by atoms with Crippen LogP contribution in [-0.4, -0.2) is 33.8 Å². The summed E-state index contributed by atoms with van der Waals surface area (Å²) in [6.45, 7) is 0. The summed E-state index contributed by atoms with van der Waals surface area (Å²) >= 11 is 0. The van der Waals surface area contributed by atoms with Crippen molar-refractivity contribution < 1.29 is 19.5 Å². The van der Waals surface area contributed by atoms with E-state index < -0.39 is 12.0 Å². The maximum absolute atomic E-state index is 11.5. The van der Waals surface area contributed by atoms with Crippen LogP contribution in [0.4, 0.5) is 0 Å². The highest BCUT2D eigenvalue weighted by atomic mass is 16.4. The number of carbonyl (C=O) groups is 3. The average molecular weight is 211 g/mol. The minimum Gasteiger partial charge on any atom is -0.481 e. The SMILES string of the molecule is O=C(O)CC(C1CC1)N1C(=O)CCC1=O. The number of imide groups is 1. The number of aliphatic carboxylic acids is 1. The van der Waals surface area contributed by atoms with Crippen LogP contribution in [0.15, 0.2) is 0 Å². The number of hydrogen-bond donors (Lipinski definition) is 1. The Kier molecular flexibility index (Phi) is 2.46. The lowest BCUT2D eigenvalue weighted by Crippen LogP contribution is -2.42. The van der Waals surface area contributed by atoms with Crippen molar-refractivity contribution in [1.82, 2.24) is 4.90 Å². The molecule has 0 radical (unpaired) electrons. The monoisotopic (exact) mass is 211 g/mol. The van der Waals surface area contributed by atoms with E-state index in [0.717, 1.165) is 12.8 Å². The number of amides is 2. The van der Waals surface area contributed by atoms with Crippen molar-refractivity contribution in [3.8, 4) is 0 Å². The van der Waals surface area contributed by atoms with E-state index in [-0.39, 0.29) is 37.0 Å². The summed E-state index contributed by atoms with van der Waals surface area (Å²) in [5, 5.41) is 8.74. The van der Waals surface area contributed by atoms with E-state index in [1.807, 2.05) is 0 Å². The highest BCUT2D eigenvalue weighted by Gasteiger charge is 2.43. The van der Waals surface area contributed by atoms with Crippen LogP contribution in [0.25, 0.3) is 0 Å². The van der Waals surface area contributed by atoms with Crippen LogP contribution in [0.2, 0.25) is 0 Å². The van der Waals surface area contributed by atoms with Crippen LogP contribution in [0.1, 0.15) is 32.1 Å². The van der Waals surface area contributed by atoms with Gasteiger partial charge in [-0.2, -0.15) is 0 Å². The van der Waals surface area contributed by atoms with Crippen molar-refractivity contribution in [3.63, 3.8) is 0 Å². The Balaban J connectivity index is 2.12. The van der Waals surface area contributed by atoms with Gasteiger partial charge < -0.3 is 5.11 Å². The van der Waals surface area contributed by atoms with Crippen molar-refractivity contribution in [3.05, 3.63) is 0 Å². The summed E-state index contributed by atoms with van der Waals surface area (Å²) < 4.78 is 0. The molecule has 15 heavy (non-hydrogen) atoms. The number of carbonyl (C=O) groups excluding carboxylic acids is 2. The normalized spacial score (nSPS) is 23.3. The van der Waals surface area contributed by atoms with Crippen LogP contribution in [0, 0.1) is 5.92 Å². The van der Waals surface area contributed by atoms with Crippen molar-refractivity contribution >= 4 is 17.8 Å². The van der Waals surface area contributed by atoms with Crippen LogP contribution in [0.3, 0.4) is 0 Å². The van der Waals surface area contributed by atoms with Crippen molar-refractivity contribution in [2.75, 3.05) is 0 Å². The molecule has 2 fully saturated rings. The molecule has 0 aromatic heterocycles. The molecule has 1 heterocycles. The first-order chi connectivity index (χ1) is 7.09. The average Bonchev–Trinajstić information content (AvgIpc) is 2.91. The van der Waals surface area contributed by atoms with E-state index in [9.17, 15) is 14.4 Å². The molecule has 1 saturated carbocycles. The second-order valence-corrected chi connectivity index (χ2v) is 4.16. The summed E-state index contributed by atoms with van der Waals surface area (Å²) in [6.07, 6.45) is 2.22. The first-order valence-electron chi connectivity index (χ1n) is 5.16. The largest absolute Gasteiger partial charge is 0.481 e. The van der Waals surface area contributed by atoms with Gasteiger partial charge in [0.1, 0.15) is 0 Å². The molecule has 0 bridgehead atoms. The zero-order valence-corrected chi connectivity index (χ0v) is 8.31. The summed E-state index contributed by atoms with van der Waals surface area (Å²) in [4.78, 5) is 34.8. The van der Waals surface area contributed by atoms with Gasteiger partial charge in [-0.25, -0.2) is 0 Å². The smallest absolute Gasteiger partial charge is 0.305 e. The fraction of sp³-hybridized carbons (Fsp3) is 0.700. The van der Waals surface area contributed by atoms with Gasteiger partial charge in [-0.15, -0.1) is 0 Å². The number of hydrogen-bond acceptors (Lipinski definition) is 3. The molecule has 5 nitrogen and oxygen atoms in total. The Labute approximate surface area is 87.1 Å². The number of nitrogens with zero attached hydrogens (tertiary/aromatic N) is 1. The number of carboxylic acids is 1. The van der Waals surface area contributed by atoms with E-state index >= 15 is 0 Å². The summed E-state index contributed by atoms with van der Waals surface area (Å²) in [7, 11) is 0. The molecule has 5 heteroatoms. The standard InChI is InChI=1S/C10H13NO4/c12-8-3-4-9(13)11(8)7(5-10(14)15)6-1-2-6/h6-7H,1-5H2,(H,14,15). The molecule has 1 unspecified atom stereocenters. The third-order valence-corrected chi connectivity index (χ3v) is 2.97. The second kappa shape index (κ2) is 3.64. The molecule has 82 valence electrons. The quantitative estimate of drug-likeness (QED) is 0.682. The highest BCUT2D eigenvalue weighted by molar-refractivity contribution is 6.02. The third-order valence-electron chi connectivity index (χ3n) is 2.97. The first kappa shape index (κ1) is 10.1. The maximum atomic E-state index is 11.5. The molecular formula is C10H13NO4. The van der Waals surface area contributed by atoms with Crippen molar-refractivity contribution in [2.24, 2.45) is 5.92 Å². The summed E-state index contributed by atoms with van der Waals surface area (Å²) in [5.41, 5.74) is 0. The van der Waals surface area contributed by atoms with Gasteiger partial charge in [0.2, 0.25) is 11.8 Å². The topological polar surface area (TPSA) is 74.7 Å². The van der Waals surface area contributed by atoms with E-state index in [1.54, 1.807) is 0 Å². The summed E-state index contributed by atoms with van der Waals surface area (Å²) in [5.74, 6) is -1.15. The van der Waals surface area contributed by atoms with E-state index in [2.05, 4.69) is 0 Å². The van der Waals surface area contributed by atoms with Gasteiger partial charge >= 0.3 is 5.97 Å². The zero-order chi connectivity index (χ0) is 11.0. The first-order valence-corrected chi connectivity index (χ1v) is 5.16. The van der Waals surface area contributed by atoms with Crippen LogP contribution in [0.5, 0.6) is 0 Å². The number of likely N-dealkylation sites (tertiary alicyclic amines) is 1. The number of rotatable bonds is 4. The van der Waals surface area contributed by atoms with Crippen molar-refractivity contribution in [1.29, 1.82) is 0 Å². The minimum atomic E-state index is -0.945. The third kappa shape index (κ3) is 2.00. The molecule has 1 saturated heterocycles. The number of carboxylic acid groups (broad SMARTS) is 1. The molecule has 2 amide bonds. The lowest BCUT2D eigenvalue weighted by atomic mass is 10.1. The predicted molar refractivity (Wildman–Crippen MR) is 49.9 cm³/mol. The lowest BCUT2D eigenvalue weighted by Gasteiger charge is -2.24. The molecule has 1 atom stereocenters. The summed E-state index contributed by atoms with van der Waals surface area (Å²) in [6, 6.07) is -0.398. The molecule has 0 spiro atoms. The van der Waals surface area contributed by atoms with Crippen LogP contribution in [-0.2, 0) is 14.4 Å². The molecule has 1 N–H and O–H groups in total. The second-order valence-electron chi connectivity index (χ2n) is 4.16. The van der Waals surface area contributed by atoms with Crippen molar-refractivity contribution in [2.45, 2.75) is 38.1 Å². The van der Waals surface area contributed by atoms with Gasteiger partial charge in [-0.1, -0.05) is 0 Å². The molecule has 0 aromatic rings. The van der Waals surface area contributed by atoms with Crippen LogP contribution >= 0.6 is 0 Å².